The topological polar surface area (TPSA) is 53.6 Å². The molecule has 1 fully saturated rings. The van der Waals surface area contributed by atoms with Gasteiger partial charge in [-0.05, 0) is 31.2 Å². The van der Waals surface area contributed by atoms with Crippen molar-refractivity contribution < 1.29 is 9.53 Å². The molecule has 1 heterocycles. The van der Waals surface area contributed by atoms with Gasteiger partial charge >= 0.3 is 0 Å². The summed E-state index contributed by atoms with van der Waals surface area (Å²) in [4.78, 5) is 14.4. The fraction of sp³-hybridized carbons (Fsp3) is 0.316. The highest BCUT2D eigenvalue weighted by Gasteiger charge is 2.15. The zero-order valence-corrected chi connectivity index (χ0v) is 16.4. The average molecular weight is 398 g/mol. The number of halogens is 2. The van der Waals surface area contributed by atoms with Gasteiger partial charge < -0.3 is 15.4 Å². The Bertz CT molecular complexity index is 689. The predicted octanol–water partition coefficient (Wildman–Crippen LogP) is 3.47. The van der Waals surface area contributed by atoms with Gasteiger partial charge in [0.05, 0.1) is 12.2 Å². The highest BCUT2D eigenvalue weighted by Crippen LogP contribution is 2.29. The lowest BCUT2D eigenvalue weighted by atomic mass is 10.2. The van der Waals surface area contributed by atoms with Gasteiger partial charge in [-0.3, -0.25) is 9.69 Å². The second-order valence-corrected chi connectivity index (χ2v) is 5.99. The summed E-state index contributed by atoms with van der Waals surface area (Å²) in [6, 6.07) is 15.4. The first kappa shape index (κ1) is 22.3. The number of carbonyl (C=O) groups excluding carboxylic acids is 1. The molecular weight excluding hydrogens is 373 g/mol. The standard InChI is InChI=1S/C19H23N3O2.2ClH/c1-15-6-8-16(9-7-15)24-18-5-3-2-4-17(18)21-19(23)14-22-12-10-20-11-13-22;;/h2-9,20H,10-14H2,1H3,(H,21,23);2*1H. The number of nitrogens with one attached hydrogen (secondary N) is 2. The van der Waals surface area contributed by atoms with E-state index in [0.29, 0.717) is 18.0 Å². The molecule has 1 saturated heterocycles. The summed E-state index contributed by atoms with van der Waals surface area (Å²) in [6.07, 6.45) is 0. The molecule has 0 bridgehead atoms. The summed E-state index contributed by atoms with van der Waals surface area (Å²) >= 11 is 0. The van der Waals surface area contributed by atoms with Crippen LogP contribution in [-0.2, 0) is 4.79 Å². The Kier molecular flexibility index (Phi) is 9.44. The fourth-order valence-electron chi connectivity index (χ4n) is 2.65. The molecule has 5 nitrogen and oxygen atoms in total. The van der Waals surface area contributed by atoms with Crippen molar-refractivity contribution in [2.75, 3.05) is 38.0 Å². The SMILES string of the molecule is Cc1ccc(Oc2ccccc2NC(=O)CN2CCNCC2)cc1.Cl.Cl. The maximum atomic E-state index is 12.3. The van der Waals surface area contributed by atoms with E-state index < -0.39 is 0 Å². The zero-order chi connectivity index (χ0) is 16.8. The lowest BCUT2D eigenvalue weighted by Gasteiger charge is -2.26. The number of para-hydroxylation sites is 2. The second kappa shape index (κ2) is 11.0. The first-order valence-corrected chi connectivity index (χ1v) is 8.27. The molecule has 0 radical (unpaired) electrons. The molecule has 0 saturated carbocycles. The minimum absolute atomic E-state index is 0. The third-order valence-electron chi connectivity index (χ3n) is 3.99. The summed E-state index contributed by atoms with van der Waals surface area (Å²) in [5.74, 6) is 1.39. The van der Waals surface area contributed by atoms with E-state index >= 15 is 0 Å². The number of hydrogen-bond acceptors (Lipinski definition) is 4. The molecule has 1 aliphatic heterocycles. The third kappa shape index (κ3) is 6.50. The van der Waals surface area contributed by atoms with E-state index in [1.807, 2.05) is 55.5 Å². The molecule has 2 N–H and O–H groups in total. The van der Waals surface area contributed by atoms with Crippen molar-refractivity contribution >= 4 is 36.4 Å². The Balaban J connectivity index is 0.00000169. The molecular formula is C19H25Cl2N3O2. The first-order valence-electron chi connectivity index (χ1n) is 8.27. The van der Waals surface area contributed by atoms with Crippen LogP contribution < -0.4 is 15.4 Å². The van der Waals surface area contributed by atoms with Crippen molar-refractivity contribution in [1.82, 2.24) is 10.2 Å². The molecule has 0 spiro atoms. The Hall–Kier alpha value is -1.79. The largest absolute Gasteiger partial charge is 0.455 e. The molecule has 2 aromatic rings. The normalized spacial score (nSPS) is 13.9. The van der Waals surface area contributed by atoms with Crippen molar-refractivity contribution in [2.24, 2.45) is 0 Å². The van der Waals surface area contributed by atoms with E-state index in [9.17, 15) is 4.79 Å². The summed E-state index contributed by atoms with van der Waals surface area (Å²) in [5, 5.41) is 6.25. The minimum Gasteiger partial charge on any atom is -0.455 e. The van der Waals surface area contributed by atoms with E-state index in [0.717, 1.165) is 31.9 Å². The van der Waals surface area contributed by atoms with Gasteiger partial charge in [-0.25, -0.2) is 0 Å². The molecule has 142 valence electrons. The molecule has 0 aromatic heterocycles. The van der Waals surface area contributed by atoms with Crippen LogP contribution in [0.4, 0.5) is 5.69 Å². The van der Waals surface area contributed by atoms with Crippen LogP contribution in [0.3, 0.4) is 0 Å². The van der Waals surface area contributed by atoms with Gasteiger partial charge in [0.2, 0.25) is 5.91 Å². The summed E-state index contributed by atoms with van der Waals surface area (Å²) in [7, 11) is 0. The van der Waals surface area contributed by atoms with Crippen molar-refractivity contribution in [3.63, 3.8) is 0 Å². The van der Waals surface area contributed by atoms with Crippen LogP contribution >= 0.6 is 24.8 Å². The number of piperazine rings is 1. The molecule has 3 rings (SSSR count). The van der Waals surface area contributed by atoms with Gasteiger partial charge in [0.15, 0.2) is 5.75 Å². The Morgan fingerprint density at radius 1 is 1.08 bits per heavy atom. The summed E-state index contributed by atoms with van der Waals surface area (Å²) in [5.41, 5.74) is 1.87. The minimum atomic E-state index is -0.0168. The van der Waals surface area contributed by atoms with Crippen LogP contribution in [-0.4, -0.2) is 43.5 Å². The van der Waals surface area contributed by atoms with Gasteiger partial charge in [0.1, 0.15) is 5.75 Å². The molecule has 0 aliphatic carbocycles. The van der Waals surface area contributed by atoms with Crippen molar-refractivity contribution in [2.45, 2.75) is 6.92 Å². The number of benzene rings is 2. The number of nitrogens with zero attached hydrogens (tertiary/aromatic N) is 1. The zero-order valence-electron chi connectivity index (χ0n) is 14.7. The Morgan fingerprint density at radius 3 is 2.42 bits per heavy atom. The number of anilines is 1. The van der Waals surface area contributed by atoms with Gasteiger partial charge in [-0.2, -0.15) is 0 Å². The van der Waals surface area contributed by atoms with E-state index in [1.165, 1.54) is 5.56 Å². The average Bonchev–Trinajstić information content (AvgIpc) is 2.59. The van der Waals surface area contributed by atoms with Gasteiger partial charge in [-0.15, -0.1) is 24.8 Å². The molecule has 1 aliphatic rings. The van der Waals surface area contributed by atoms with Crippen LogP contribution in [0.25, 0.3) is 0 Å². The first-order chi connectivity index (χ1) is 11.7. The monoisotopic (exact) mass is 397 g/mol. The van der Waals surface area contributed by atoms with Gasteiger partial charge in [0, 0.05) is 26.2 Å². The summed E-state index contributed by atoms with van der Waals surface area (Å²) < 4.78 is 5.92. The van der Waals surface area contributed by atoms with Crippen molar-refractivity contribution in [3.8, 4) is 11.5 Å². The van der Waals surface area contributed by atoms with E-state index in [4.69, 9.17) is 4.74 Å². The predicted molar refractivity (Wildman–Crippen MR) is 110 cm³/mol. The highest BCUT2D eigenvalue weighted by molar-refractivity contribution is 5.93. The smallest absolute Gasteiger partial charge is 0.238 e. The summed E-state index contributed by atoms with van der Waals surface area (Å²) in [6.45, 7) is 6.10. The van der Waals surface area contributed by atoms with Crippen LogP contribution in [0.2, 0.25) is 0 Å². The van der Waals surface area contributed by atoms with Gasteiger partial charge in [0.25, 0.3) is 0 Å². The van der Waals surface area contributed by atoms with Crippen molar-refractivity contribution in [1.29, 1.82) is 0 Å². The second-order valence-electron chi connectivity index (χ2n) is 5.99. The number of ether oxygens (including phenoxy) is 1. The third-order valence-corrected chi connectivity index (χ3v) is 3.99. The lowest BCUT2D eigenvalue weighted by Crippen LogP contribution is -2.46. The molecule has 1 amide bonds. The number of carbonyl (C=O) groups is 1. The number of hydrogen-bond donors (Lipinski definition) is 2. The van der Waals surface area contributed by atoms with E-state index in [2.05, 4.69) is 15.5 Å². The van der Waals surface area contributed by atoms with E-state index in [1.54, 1.807) is 0 Å². The maximum Gasteiger partial charge on any atom is 0.238 e. The maximum absolute atomic E-state index is 12.3. The highest BCUT2D eigenvalue weighted by atomic mass is 35.5. The van der Waals surface area contributed by atoms with Gasteiger partial charge in [-0.1, -0.05) is 29.8 Å². The Labute approximate surface area is 166 Å². The molecule has 7 heteroatoms. The number of aryl methyl sites for hydroxylation is 1. The molecule has 0 atom stereocenters. The lowest BCUT2D eigenvalue weighted by molar-refractivity contribution is -0.117. The van der Waals surface area contributed by atoms with Crippen LogP contribution in [0.1, 0.15) is 5.56 Å². The Morgan fingerprint density at radius 2 is 1.73 bits per heavy atom. The van der Waals surface area contributed by atoms with Crippen LogP contribution in [0.5, 0.6) is 11.5 Å². The van der Waals surface area contributed by atoms with Crippen LogP contribution in [0.15, 0.2) is 48.5 Å². The fourth-order valence-corrected chi connectivity index (χ4v) is 2.65. The van der Waals surface area contributed by atoms with Crippen molar-refractivity contribution in [3.05, 3.63) is 54.1 Å². The quantitative estimate of drug-likeness (QED) is 0.810. The molecule has 0 unspecified atom stereocenters. The molecule has 26 heavy (non-hydrogen) atoms. The number of amides is 1. The van der Waals surface area contributed by atoms with Crippen LogP contribution in [0, 0.1) is 6.92 Å². The van der Waals surface area contributed by atoms with E-state index in [-0.39, 0.29) is 30.7 Å². The molecule has 2 aromatic carbocycles. The number of rotatable bonds is 5.